The normalized spacial score (nSPS) is 13.2. The second-order valence-electron chi connectivity index (χ2n) is 14.5. The van der Waals surface area contributed by atoms with Crippen LogP contribution in [0.5, 0.6) is 5.75 Å². The first-order valence-corrected chi connectivity index (χ1v) is 17.1. The molecule has 1 N–H and O–H groups in total. The maximum Gasteiger partial charge on any atom is 0.140 e. The summed E-state index contributed by atoms with van der Waals surface area (Å²) in [6.45, 7) is 11.2. The van der Waals surface area contributed by atoms with E-state index in [-0.39, 0.29) is 37.6 Å². The molecule has 0 bridgehead atoms. The predicted octanol–water partition coefficient (Wildman–Crippen LogP) is 11.7. The Bertz CT molecular complexity index is 2330. The number of hydrogen-bond acceptors (Lipinski definition) is 5. The number of anilines is 6. The Morgan fingerprint density at radius 1 is 0.725 bits per heavy atom. The minimum absolute atomic E-state index is 0. The van der Waals surface area contributed by atoms with Gasteiger partial charge in [-0.05, 0) is 81.9 Å². The number of aromatic nitrogens is 2. The molecule has 1 aliphatic heterocycles. The van der Waals surface area contributed by atoms with Gasteiger partial charge in [0, 0.05) is 55.4 Å². The van der Waals surface area contributed by atoms with E-state index in [0.29, 0.717) is 11.2 Å². The predicted molar refractivity (Wildman–Crippen MR) is 206 cm³/mol. The molecule has 0 radical (unpaired) electrons. The molecular formula is C45H39N4OPt-. The summed E-state index contributed by atoms with van der Waals surface area (Å²) < 4.78 is 0. The van der Waals surface area contributed by atoms with E-state index in [1.54, 1.807) is 6.07 Å². The Kier molecular flexibility index (Phi) is 8.81. The van der Waals surface area contributed by atoms with Gasteiger partial charge in [0.2, 0.25) is 0 Å². The molecule has 0 unspecified atom stereocenters. The molecule has 0 spiro atoms. The van der Waals surface area contributed by atoms with Crippen LogP contribution in [0.3, 0.4) is 0 Å². The molecule has 0 amide bonds. The molecule has 5 aromatic carbocycles. The Morgan fingerprint density at radius 3 is 2.08 bits per heavy atom. The number of benzene rings is 5. The van der Waals surface area contributed by atoms with Gasteiger partial charge in [0.25, 0.3) is 0 Å². The molecule has 6 heteroatoms. The Labute approximate surface area is 314 Å². The SMILES string of the molecule is CC(C)(C)c1ccnc(N2c3[c-]c(-c4cc(N(c5ccccc5)c5ccccc5)c5cccc(O)c5n4)ccc3C(C)(C)c3ccccc32)c1.[Pt]. The Balaban J connectivity index is 0.00000406. The van der Waals surface area contributed by atoms with E-state index in [4.69, 9.17) is 9.97 Å². The first-order chi connectivity index (χ1) is 24.1. The summed E-state index contributed by atoms with van der Waals surface area (Å²) in [6.07, 6.45) is 1.91. The van der Waals surface area contributed by atoms with E-state index in [0.717, 1.165) is 50.8 Å². The van der Waals surface area contributed by atoms with Gasteiger partial charge in [-0.3, -0.25) is 4.98 Å². The van der Waals surface area contributed by atoms with Gasteiger partial charge in [0.05, 0.1) is 0 Å². The molecule has 0 atom stereocenters. The molecular weight excluding hydrogens is 808 g/mol. The first kappa shape index (κ1) is 34.2. The number of aromatic hydroxyl groups is 1. The fourth-order valence-corrected chi connectivity index (χ4v) is 7.14. The van der Waals surface area contributed by atoms with Crippen LogP contribution in [0.15, 0.2) is 140 Å². The van der Waals surface area contributed by atoms with Crippen LogP contribution >= 0.6 is 0 Å². The molecule has 8 rings (SSSR count). The van der Waals surface area contributed by atoms with E-state index < -0.39 is 0 Å². The van der Waals surface area contributed by atoms with Crippen LogP contribution in [0.4, 0.5) is 34.3 Å². The van der Waals surface area contributed by atoms with Crippen molar-refractivity contribution in [2.24, 2.45) is 0 Å². The van der Waals surface area contributed by atoms with Gasteiger partial charge < -0.3 is 14.9 Å². The summed E-state index contributed by atoms with van der Waals surface area (Å²) in [6, 6.07) is 49.4. The van der Waals surface area contributed by atoms with Gasteiger partial charge in [0.15, 0.2) is 0 Å². The summed E-state index contributed by atoms with van der Waals surface area (Å²) >= 11 is 0. The van der Waals surface area contributed by atoms with Crippen LogP contribution < -0.4 is 9.80 Å². The Hall–Kier alpha value is -5.25. The van der Waals surface area contributed by atoms with Crippen molar-refractivity contribution >= 4 is 45.2 Å². The van der Waals surface area contributed by atoms with Crippen LogP contribution in [0.25, 0.3) is 22.2 Å². The number of rotatable bonds is 5. The van der Waals surface area contributed by atoms with Crippen LogP contribution in [0.2, 0.25) is 0 Å². The van der Waals surface area contributed by atoms with Crippen LogP contribution in [0.1, 0.15) is 51.3 Å². The molecule has 3 heterocycles. The monoisotopic (exact) mass is 846 g/mol. The Morgan fingerprint density at radius 2 is 1.39 bits per heavy atom. The third-order valence-electron chi connectivity index (χ3n) is 9.82. The van der Waals surface area contributed by atoms with Crippen molar-refractivity contribution in [1.29, 1.82) is 0 Å². The van der Waals surface area contributed by atoms with Crippen molar-refractivity contribution in [1.82, 2.24) is 9.97 Å². The zero-order chi connectivity index (χ0) is 34.6. The van der Waals surface area contributed by atoms with Crippen LogP contribution in [-0.2, 0) is 31.9 Å². The quantitative estimate of drug-likeness (QED) is 0.175. The molecule has 1 aliphatic rings. The molecule has 7 aromatic rings. The van der Waals surface area contributed by atoms with Gasteiger partial charge in [-0.2, -0.15) is 0 Å². The largest absolute Gasteiger partial charge is 0.506 e. The van der Waals surface area contributed by atoms with E-state index >= 15 is 0 Å². The number of hydrogen-bond donors (Lipinski definition) is 1. The fourth-order valence-electron chi connectivity index (χ4n) is 7.14. The molecule has 256 valence electrons. The fraction of sp³-hybridized carbons (Fsp3) is 0.156. The molecule has 5 nitrogen and oxygen atoms in total. The third-order valence-corrected chi connectivity index (χ3v) is 9.82. The second kappa shape index (κ2) is 13.1. The topological polar surface area (TPSA) is 52.5 Å². The van der Waals surface area contributed by atoms with Crippen molar-refractivity contribution in [2.45, 2.75) is 45.4 Å². The zero-order valence-electron chi connectivity index (χ0n) is 29.3. The van der Waals surface area contributed by atoms with Crippen LogP contribution in [-0.4, -0.2) is 15.1 Å². The molecule has 2 aromatic heterocycles. The summed E-state index contributed by atoms with van der Waals surface area (Å²) in [5, 5.41) is 12.1. The maximum absolute atomic E-state index is 11.2. The van der Waals surface area contributed by atoms with Crippen molar-refractivity contribution in [3.63, 3.8) is 0 Å². The number of pyridine rings is 2. The summed E-state index contributed by atoms with van der Waals surface area (Å²) in [5.74, 6) is 0.976. The van der Waals surface area contributed by atoms with Gasteiger partial charge in [-0.15, -0.1) is 23.8 Å². The number of fused-ring (bicyclic) bond motifs is 3. The molecule has 0 aliphatic carbocycles. The minimum Gasteiger partial charge on any atom is -0.506 e. The summed E-state index contributed by atoms with van der Waals surface area (Å²) in [7, 11) is 0. The van der Waals surface area contributed by atoms with Crippen molar-refractivity contribution in [2.75, 3.05) is 9.80 Å². The van der Waals surface area contributed by atoms with Crippen molar-refractivity contribution < 1.29 is 26.2 Å². The van der Waals surface area contributed by atoms with Gasteiger partial charge in [0.1, 0.15) is 17.1 Å². The molecule has 51 heavy (non-hydrogen) atoms. The number of nitrogens with zero attached hydrogens (tertiary/aromatic N) is 4. The molecule has 0 fully saturated rings. The maximum atomic E-state index is 11.2. The van der Waals surface area contributed by atoms with Crippen molar-refractivity contribution in [3.05, 3.63) is 162 Å². The summed E-state index contributed by atoms with van der Waals surface area (Å²) in [5.41, 5.74) is 10.3. The zero-order valence-corrected chi connectivity index (χ0v) is 31.6. The van der Waals surface area contributed by atoms with Crippen LogP contribution in [0, 0.1) is 6.07 Å². The first-order valence-electron chi connectivity index (χ1n) is 17.1. The summed E-state index contributed by atoms with van der Waals surface area (Å²) in [4.78, 5) is 14.5. The van der Waals surface area contributed by atoms with E-state index in [9.17, 15) is 5.11 Å². The minimum atomic E-state index is -0.281. The number of phenolic OH excluding ortho intramolecular Hbond substituents is 1. The smallest absolute Gasteiger partial charge is 0.140 e. The van der Waals surface area contributed by atoms with Gasteiger partial charge in [-0.25, -0.2) is 4.98 Å². The van der Waals surface area contributed by atoms with Gasteiger partial charge >= 0.3 is 0 Å². The molecule has 0 saturated carbocycles. The molecule has 0 saturated heterocycles. The number of phenols is 1. The van der Waals surface area contributed by atoms with Gasteiger partial charge in [-0.1, -0.05) is 113 Å². The average molecular weight is 847 g/mol. The average Bonchev–Trinajstić information content (AvgIpc) is 3.13. The van der Waals surface area contributed by atoms with E-state index in [1.807, 2.05) is 54.7 Å². The standard InChI is InChI=1S/C45H39N4O.Pt/c1-44(2,3)31-25-26-46-42(28-31)49-38-21-13-12-20-35(38)45(4,5)36-24-23-30(27-40(36)49)37-29-39(34-19-14-22-41(50)43(34)47-37)48(32-15-8-6-9-16-32)33-17-10-7-11-18-33;/h6-26,28-29,50H,1-5H3;/q-1;. The second-order valence-corrected chi connectivity index (χ2v) is 14.5. The van der Waals surface area contributed by atoms with E-state index in [1.165, 1.54) is 11.1 Å². The van der Waals surface area contributed by atoms with Crippen molar-refractivity contribution in [3.8, 4) is 17.0 Å². The number of para-hydroxylation sites is 4. The third kappa shape index (κ3) is 6.00. The van der Waals surface area contributed by atoms with E-state index in [2.05, 4.69) is 129 Å².